The van der Waals surface area contributed by atoms with Gasteiger partial charge in [-0.05, 0) is 29.3 Å². The maximum Gasteiger partial charge on any atom is 0.0957 e. The molecule has 0 saturated heterocycles. The number of hydrogen-bond donors (Lipinski definition) is 0. The van der Waals surface area contributed by atoms with Gasteiger partial charge in [0.05, 0.1) is 11.4 Å². The molecule has 0 fully saturated rings. The van der Waals surface area contributed by atoms with Crippen molar-refractivity contribution in [3.05, 3.63) is 54.6 Å². The number of hydrogen-bond acceptors (Lipinski definition) is 2. The Bertz CT molecular complexity index is 580. The average Bonchev–Trinajstić information content (AvgIpc) is 2.72. The normalized spacial score (nSPS) is 11.8. The van der Waals surface area contributed by atoms with E-state index in [1.165, 1.54) is 0 Å². The molecule has 0 atom stereocenters. The lowest BCUT2D eigenvalue weighted by Gasteiger charge is -2.03. The minimum absolute atomic E-state index is 0.932. The van der Waals surface area contributed by atoms with Crippen molar-refractivity contribution in [2.75, 3.05) is 0 Å². The molecule has 2 aromatic carbocycles. The Morgan fingerprint density at radius 2 is 1.75 bits per heavy atom. The maximum absolute atomic E-state index is 4.13. The molecular weight excluding hydrogens is 196 g/mol. The molecule has 1 heterocycles. The van der Waals surface area contributed by atoms with Crippen LogP contribution in [0.1, 0.15) is 5.56 Å². The van der Waals surface area contributed by atoms with Crippen LogP contribution in [0.25, 0.3) is 17.2 Å². The van der Waals surface area contributed by atoms with E-state index in [2.05, 4.69) is 47.1 Å². The SMILES string of the molecule is C=Cc1ccc(-c2ccc3cc2N=N3)cc1. The third-order valence-electron chi connectivity index (χ3n) is 2.71. The van der Waals surface area contributed by atoms with Gasteiger partial charge in [-0.15, -0.1) is 5.11 Å². The molecule has 0 spiro atoms. The van der Waals surface area contributed by atoms with Crippen LogP contribution >= 0.6 is 0 Å². The highest BCUT2D eigenvalue weighted by Gasteiger charge is 2.09. The van der Waals surface area contributed by atoms with Crippen LogP contribution in [-0.2, 0) is 0 Å². The Morgan fingerprint density at radius 3 is 2.50 bits per heavy atom. The van der Waals surface area contributed by atoms with Gasteiger partial charge in [0.2, 0.25) is 0 Å². The second kappa shape index (κ2) is 3.42. The lowest BCUT2D eigenvalue weighted by atomic mass is 10.0. The second-order valence-electron chi connectivity index (χ2n) is 3.73. The van der Waals surface area contributed by atoms with Gasteiger partial charge in [-0.25, -0.2) is 0 Å². The van der Waals surface area contributed by atoms with Crippen molar-refractivity contribution in [2.24, 2.45) is 10.2 Å². The van der Waals surface area contributed by atoms with Crippen LogP contribution in [-0.4, -0.2) is 0 Å². The molecular formula is C14H10N2. The van der Waals surface area contributed by atoms with Crippen LogP contribution < -0.4 is 0 Å². The van der Waals surface area contributed by atoms with Gasteiger partial charge in [0, 0.05) is 5.56 Å². The van der Waals surface area contributed by atoms with E-state index in [4.69, 9.17) is 0 Å². The van der Waals surface area contributed by atoms with E-state index in [0.29, 0.717) is 0 Å². The lowest BCUT2D eigenvalue weighted by Crippen LogP contribution is -1.77. The quantitative estimate of drug-likeness (QED) is 0.579. The zero-order valence-corrected chi connectivity index (χ0v) is 8.72. The smallest absolute Gasteiger partial charge is 0.0957 e. The minimum Gasteiger partial charge on any atom is -0.150 e. The van der Waals surface area contributed by atoms with Crippen LogP contribution in [0.3, 0.4) is 0 Å². The first-order valence-electron chi connectivity index (χ1n) is 5.15. The molecule has 0 radical (unpaired) electrons. The highest BCUT2D eigenvalue weighted by atomic mass is 15.1. The molecule has 2 nitrogen and oxygen atoms in total. The highest BCUT2D eigenvalue weighted by Crippen LogP contribution is 2.38. The third-order valence-corrected chi connectivity index (χ3v) is 2.71. The summed E-state index contributed by atoms with van der Waals surface area (Å²) in [6, 6.07) is 14.3. The molecule has 76 valence electrons. The van der Waals surface area contributed by atoms with Gasteiger partial charge in [-0.2, -0.15) is 5.11 Å². The van der Waals surface area contributed by atoms with Gasteiger partial charge < -0.3 is 0 Å². The molecule has 3 rings (SSSR count). The first-order chi connectivity index (χ1) is 7.86. The number of fused-ring (bicyclic) bond motifs is 2. The molecule has 2 aromatic rings. The van der Waals surface area contributed by atoms with E-state index in [9.17, 15) is 0 Å². The minimum atomic E-state index is 0.932. The zero-order valence-electron chi connectivity index (χ0n) is 8.72. The van der Waals surface area contributed by atoms with Crippen molar-refractivity contribution < 1.29 is 0 Å². The molecule has 0 amide bonds. The fraction of sp³-hybridized carbons (Fsp3) is 0. The highest BCUT2D eigenvalue weighted by molar-refractivity contribution is 5.79. The Morgan fingerprint density at radius 1 is 0.938 bits per heavy atom. The molecule has 2 heteroatoms. The Kier molecular flexibility index (Phi) is 1.93. The number of rotatable bonds is 2. The molecule has 1 aliphatic heterocycles. The van der Waals surface area contributed by atoms with Crippen molar-refractivity contribution in [3.8, 4) is 11.1 Å². The predicted octanol–water partition coefficient (Wildman–Crippen LogP) is 4.73. The van der Waals surface area contributed by atoms with Gasteiger partial charge >= 0.3 is 0 Å². The van der Waals surface area contributed by atoms with Gasteiger partial charge in [-0.3, -0.25) is 0 Å². The van der Waals surface area contributed by atoms with Crippen molar-refractivity contribution in [1.82, 2.24) is 0 Å². The summed E-state index contributed by atoms with van der Waals surface area (Å²) in [7, 11) is 0. The van der Waals surface area contributed by atoms with Crippen LogP contribution in [0, 0.1) is 0 Å². The van der Waals surface area contributed by atoms with Crippen molar-refractivity contribution in [3.63, 3.8) is 0 Å². The van der Waals surface area contributed by atoms with Crippen LogP contribution in [0.5, 0.6) is 0 Å². The maximum atomic E-state index is 4.13. The van der Waals surface area contributed by atoms with E-state index >= 15 is 0 Å². The number of benzene rings is 2. The van der Waals surface area contributed by atoms with Gasteiger partial charge in [0.15, 0.2) is 0 Å². The first-order valence-corrected chi connectivity index (χ1v) is 5.15. The van der Waals surface area contributed by atoms with Crippen LogP contribution in [0.2, 0.25) is 0 Å². The first kappa shape index (κ1) is 9.04. The standard InChI is InChI=1S/C14H10N2/c1-2-10-3-5-11(6-4-10)13-8-7-12-9-14(13)16-15-12/h2-9H,1H2. The largest absolute Gasteiger partial charge is 0.150 e. The van der Waals surface area contributed by atoms with Crippen molar-refractivity contribution in [2.45, 2.75) is 0 Å². The van der Waals surface area contributed by atoms with Gasteiger partial charge in [0.1, 0.15) is 0 Å². The third kappa shape index (κ3) is 1.36. The number of nitrogens with zero attached hydrogens (tertiary/aromatic N) is 2. The van der Waals surface area contributed by atoms with Crippen molar-refractivity contribution in [1.29, 1.82) is 0 Å². The van der Waals surface area contributed by atoms with Crippen molar-refractivity contribution >= 4 is 17.5 Å². The topological polar surface area (TPSA) is 24.7 Å². The van der Waals surface area contributed by atoms with E-state index in [1.807, 2.05) is 18.2 Å². The molecule has 16 heavy (non-hydrogen) atoms. The summed E-state index contributed by atoms with van der Waals surface area (Å²) in [4.78, 5) is 0. The van der Waals surface area contributed by atoms with E-state index in [1.54, 1.807) is 0 Å². The summed E-state index contributed by atoms with van der Waals surface area (Å²) in [6.07, 6.45) is 1.84. The fourth-order valence-corrected chi connectivity index (χ4v) is 1.82. The molecule has 1 aliphatic rings. The summed E-state index contributed by atoms with van der Waals surface area (Å²) in [5, 5.41) is 8.16. The van der Waals surface area contributed by atoms with Crippen LogP contribution in [0.4, 0.5) is 11.4 Å². The number of azo groups is 1. The predicted molar refractivity (Wildman–Crippen MR) is 66.1 cm³/mol. The summed E-state index contributed by atoms with van der Waals surface area (Å²) >= 11 is 0. The van der Waals surface area contributed by atoms with Crippen LogP contribution in [0.15, 0.2) is 59.3 Å². The monoisotopic (exact) mass is 206 g/mol. The Hall–Kier alpha value is -2.22. The average molecular weight is 206 g/mol. The Balaban J connectivity index is 2.10. The molecule has 0 aromatic heterocycles. The van der Waals surface area contributed by atoms with E-state index < -0.39 is 0 Å². The molecule has 2 bridgehead atoms. The summed E-state index contributed by atoms with van der Waals surface area (Å²) in [5.41, 5.74) is 5.29. The molecule has 0 aliphatic carbocycles. The molecule has 0 unspecified atom stereocenters. The van der Waals surface area contributed by atoms with E-state index in [0.717, 1.165) is 28.1 Å². The van der Waals surface area contributed by atoms with E-state index in [-0.39, 0.29) is 0 Å². The zero-order chi connectivity index (χ0) is 11.0. The fourth-order valence-electron chi connectivity index (χ4n) is 1.82. The summed E-state index contributed by atoms with van der Waals surface area (Å²) in [6.45, 7) is 3.74. The summed E-state index contributed by atoms with van der Waals surface area (Å²) < 4.78 is 0. The Labute approximate surface area is 94.0 Å². The molecule has 0 N–H and O–H groups in total. The summed E-state index contributed by atoms with van der Waals surface area (Å²) in [5.74, 6) is 0. The van der Waals surface area contributed by atoms with Gasteiger partial charge in [-0.1, -0.05) is 36.9 Å². The second-order valence-corrected chi connectivity index (χ2v) is 3.73. The lowest BCUT2D eigenvalue weighted by molar-refractivity contribution is 1.31. The molecule has 0 saturated carbocycles. The van der Waals surface area contributed by atoms with Gasteiger partial charge in [0.25, 0.3) is 0 Å².